The molecule has 1 atom stereocenters. The molecule has 1 aromatic heterocycles. The Hall–Kier alpha value is -3.21. The first-order valence-corrected chi connectivity index (χ1v) is 9.14. The molecular formula is C22H24N4O. The lowest BCUT2D eigenvalue weighted by Crippen LogP contribution is -2.16. The summed E-state index contributed by atoms with van der Waals surface area (Å²) < 4.78 is 0. The van der Waals surface area contributed by atoms with Crippen LogP contribution in [0.3, 0.4) is 0 Å². The van der Waals surface area contributed by atoms with Gasteiger partial charge in [0, 0.05) is 28.9 Å². The first-order chi connectivity index (χ1) is 13.0. The summed E-state index contributed by atoms with van der Waals surface area (Å²) in [5.41, 5.74) is 3.33. The highest BCUT2D eigenvalue weighted by atomic mass is 16.1. The number of hydrogen-bond acceptors (Lipinski definition) is 5. The van der Waals surface area contributed by atoms with Crippen molar-refractivity contribution in [1.82, 2.24) is 9.97 Å². The Morgan fingerprint density at radius 1 is 1.04 bits per heavy atom. The Morgan fingerprint density at radius 2 is 1.81 bits per heavy atom. The topological polar surface area (TPSA) is 66.9 Å². The molecule has 2 aromatic carbocycles. The number of benzene rings is 2. The molecule has 0 amide bonds. The molecule has 2 N–H and O–H groups in total. The Labute approximate surface area is 159 Å². The van der Waals surface area contributed by atoms with Gasteiger partial charge in [0.1, 0.15) is 5.82 Å². The number of aromatic nitrogens is 2. The van der Waals surface area contributed by atoms with Crippen molar-refractivity contribution in [2.24, 2.45) is 0 Å². The van der Waals surface area contributed by atoms with Gasteiger partial charge < -0.3 is 10.6 Å². The second-order valence-corrected chi connectivity index (χ2v) is 6.54. The van der Waals surface area contributed by atoms with E-state index in [4.69, 9.17) is 0 Å². The van der Waals surface area contributed by atoms with Gasteiger partial charge in [-0.2, -0.15) is 4.98 Å². The zero-order valence-electron chi connectivity index (χ0n) is 15.9. The lowest BCUT2D eigenvalue weighted by molar-refractivity contribution is 0.101. The zero-order valence-corrected chi connectivity index (χ0v) is 15.9. The van der Waals surface area contributed by atoms with E-state index < -0.39 is 0 Å². The average Bonchev–Trinajstić information content (AvgIpc) is 2.68. The van der Waals surface area contributed by atoms with Crippen LogP contribution in [0.25, 0.3) is 11.3 Å². The minimum absolute atomic E-state index is 0.0328. The largest absolute Gasteiger partial charge is 0.352 e. The summed E-state index contributed by atoms with van der Waals surface area (Å²) >= 11 is 0. The summed E-state index contributed by atoms with van der Waals surface area (Å²) in [6.07, 6.45) is 0.975. The van der Waals surface area contributed by atoms with Crippen molar-refractivity contribution in [3.63, 3.8) is 0 Å². The summed E-state index contributed by atoms with van der Waals surface area (Å²) in [6.45, 7) is 5.78. The fraction of sp³-hybridized carbons (Fsp3) is 0.227. The molecule has 138 valence electrons. The molecule has 3 rings (SSSR count). The SMILES string of the molecule is CCC(C)Nc1nc(Nc2cccc(C(C)=O)c2)cc(-c2ccccc2)n1. The van der Waals surface area contributed by atoms with Crippen LogP contribution in [0.1, 0.15) is 37.6 Å². The maximum Gasteiger partial charge on any atom is 0.225 e. The summed E-state index contributed by atoms with van der Waals surface area (Å²) in [6, 6.07) is 19.6. The molecule has 27 heavy (non-hydrogen) atoms. The van der Waals surface area contributed by atoms with E-state index in [-0.39, 0.29) is 11.8 Å². The molecule has 1 heterocycles. The first-order valence-electron chi connectivity index (χ1n) is 9.14. The Bertz CT molecular complexity index is 925. The molecule has 5 heteroatoms. The van der Waals surface area contributed by atoms with Gasteiger partial charge in [-0.05, 0) is 32.4 Å². The maximum atomic E-state index is 11.6. The van der Waals surface area contributed by atoms with Gasteiger partial charge in [-0.1, -0.05) is 49.4 Å². The van der Waals surface area contributed by atoms with Crippen molar-refractivity contribution >= 4 is 23.2 Å². The smallest absolute Gasteiger partial charge is 0.225 e. The molecule has 0 saturated carbocycles. The molecule has 0 bridgehead atoms. The van der Waals surface area contributed by atoms with Crippen LogP contribution in [-0.2, 0) is 0 Å². The zero-order chi connectivity index (χ0) is 19.2. The van der Waals surface area contributed by atoms with Crippen molar-refractivity contribution < 1.29 is 4.79 Å². The second kappa shape index (κ2) is 8.45. The molecule has 0 fully saturated rings. The van der Waals surface area contributed by atoms with Crippen LogP contribution < -0.4 is 10.6 Å². The first kappa shape index (κ1) is 18.6. The van der Waals surface area contributed by atoms with Gasteiger partial charge in [-0.3, -0.25) is 4.79 Å². The third-order valence-corrected chi connectivity index (χ3v) is 4.33. The van der Waals surface area contributed by atoms with Crippen LogP contribution in [0.2, 0.25) is 0 Å². The van der Waals surface area contributed by atoms with Crippen molar-refractivity contribution in [2.45, 2.75) is 33.2 Å². The van der Waals surface area contributed by atoms with E-state index in [1.165, 1.54) is 0 Å². The second-order valence-electron chi connectivity index (χ2n) is 6.54. The quantitative estimate of drug-likeness (QED) is 0.560. The van der Waals surface area contributed by atoms with E-state index in [1.807, 2.05) is 54.6 Å². The van der Waals surface area contributed by atoms with Gasteiger partial charge >= 0.3 is 0 Å². The van der Waals surface area contributed by atoms with Gasteiger partial charge in [0.05, 0.1) is 5.69 Å². The van der Waals surface area contributed by atoms with Crippen molar-refractivity contribution in [3.05, 3.63) is 66.2 Å². The molecule has 0 radical (unpaired) electrons. The van der Waals surface area contributed by atoms with Gasteiger partial charge in [-0.25, -0.2) is 4.98 Å². The molecule has 0 aliphatic carbocycles. The number of Topliss-reactive ketones (excluding diaryl/α,β-unsaturated/α-hetero) is 1. The lowest BCUT2D eigenvalue weighted by atomic mass is 10.1. The molecule has 0 saturated heterocycles. The van der Waals surface area contributed by atoms with Gasteiger partial charge in [0.15, 0.2) is 5.78 Å². The van der Waals surface area contributed by atoms with Crippen LogP contribution in [-0.4, -0.2) is 21.8 Å². The van der Waals surface area contributed by atoms with E-state index in [0.29, 0.717) is 17.3 Å². The number of nitrogens with zero attached hydrogens (tertiary/aromatic N) is 2. The highest BCUT2D eigenvalue weighted by Crippen LogP contribution is 2.24. The predicted molar refractivity (Wildman–Crippen MR) is 111 cm³/mol. The molecular weight excluding hydrogens is 336 g/mol. The highest BCUT2D eigenvalue weighted by molar-refractivity contribution is 5.95. The standard InChI is InChI=1S/C22H24N4O/c1-4-15(2)23-22-25-20(17-9-6-5-7-10-17)14-21(26-22)24-19-12-8-11-18(13-19)16(3)27/h5-15H,4H2,1-3H3,(H2,23,24,25,26). The summed E-state index contributed by atoms with van der Waals surface area (Å²) in [5.74, 6) is 1.29. The number of nitrogens with one attached hydrogen (secondary N) is 2. The van der Waals surface area contributed by atoms with Crippen molar-refractivity contribution in [3.8, 4) is 11.3 Å². The fourth-order valence-corrected chi connectivity index (χ4v) is 2.62. The minimum atomic E-state index is 0.0328. The van der Waals surface area contributed by atoms with Gasteiger partial charge in [-0.15, -0.1) is 0 Å². The molecule has 0 spiro atoms. The number of anilines is 3. The number of hydrogen-bond donors (Lipinski definition) is 2. The van der Waals surface area contributed by atoms with Crippen molar-refractivity contribution in [2.75, 3.05) is 10.6 Å². The number of ketones is 1. The maximum absolute atomic E-state index is 11.6. The molecule has 3 aromatic rings. The van der Waals surface area contributed by atoms with E-state index in [0.717, 1.165) is 23.4 Å². The summed E-state index contributed by atoms with van der Waals surface area (Å²) in [5, 5.41) is 6.64. The fourth-order valence-electron chi connectivity index (χ4n) is 2.62. The van der Waals surface area contributed by atoms with E-state index in [9.17, 15) is 4.79 Å². The van der Waals surface area contributed by atoms with Gasteiger partial charge in [0.25, 0.3) is 0 Å². The van der Waals surface area contributed by atoms with E-state index in [2.05, 4.69) is 34.4 Å². The third kappa shape index (κ3) is 4.91. The minimum Gasteiger partial charge on any atom is -0.352 e. The number of rotatable bonds is 7. The number of carbonyl (C=O) groups is 1. The summed E-state index contributed by atoms with van der Waals surface area (Å²) in [4.78, 5) is 20.9. The Morgan fingerprint density at radius 3 is 2.52 bits per heavy atom. The van der Waals surface area contributed by atoms with Crippen LogP contribution in [0, 0.1) is 0 Å². The molecule has 0 aliphatic heterocycles. The Balaban J connectivity index is 1.97. The monoisotopic (exact) mass is 360 g/mol. The normalized spacial score (nSPS) is 11.7. The van der Waals surface area contributed by atoms with E-state index in [1.54, 1.807) is 13.0 Å². The predicted octanol–water partition coefficient (Wildman–Crippen LogP) is 5.30. The molecule has 5 nitrogen and oxygen atoms in total. The molecule has 0 aliphatic rings. The Kier molecular flexibility index (Phi) is 5.81. The van der Waals surface area contributed by atoms with Crippen LogP contribution >= 0.6 is 0 Å². The summed E-state index contributed by atoms with van der Waals surface area (Å²) in [7, 11) is 0. The van der Waals surface area contributed by atoms with Crippen LogP contribution in [0.15, 0.2) is 60.7 Å². The number of carbonyl (C=O) groups excluding carboxylic acids is 1. The highest BCUT2D eigenvalue weighted by Gasteiger charge is 2.09. The van der Waals surface area contributed by atoms with Crippen LogP contribution in [0.5, 0.6) is 0 Å². The molecule has 1 unspecified atom stereocenters. The van der Waals surface area contributed by atoms with E-state index >= 15 is 0 Å². The van der Waals surface area contributed by atoms with Crippen LogP contribution in [0.4, 0.5) is 17.5 Å². The lowest BCUT2D eigenvalue weighted by Gasteiger charge is -2.15. The van der Waals surface area contributed by atoms with Gasteiger partial charge in [0.2, 0.25) is 5.95 Å². The van der Waals surface area contributed by atoms with Crippen molar-refractivity contribution in [1.29, 1.82) is 0 Å². The third-order valence-electron chi connectivity index (χ3n) is 4.33. The average molecular weight is 360 g/mol.